The molecule has 0 aliphatic heterocycles. The van der Waals surface area contributed by atoms with Gasteiger partial charge >= 0.3 is 5.97 Å². The monoisotopic (exact) mass is 454 g/mol. The van der Waals surface area contributed by atoms with E-state index in [4.69, 9.17) is 16.3 Å². The van der Waals surface area contributed by atoms with Crippen molar-refractivity contribution in [3.05, 3.63) is 46.5 Å². The molecule has 0 saturated heterocycles. The number of halogens is 1. The second-order valence-electron chi connectivity index (χ2n) is 11.3. The van der Waals surface area contributed by atoms with Gasteiger partial charge in [-0.25, -0.2) is 4.79 Å². The highest BCUT2D eigenvalue weighted by Crippen LogP contribution is 2.67. The van der Waals surface area contributed by atoms with Gasteiger partial charge in [-0.1, -0.05) is 37.1 Å². The number of fused-ring (bicyclic) bond motifs is 5. The molecule has 172 valence electrons. The summed E-state index contributed by atoms with van der Waals surface area (Å²) >= 11 is 6.07. The van der Waals surface area contributed by atoms with Crippen LogP contribution in [0.4, 0.5) is 0 Å². The maximum Gasteiger partial charge on any atom is 0.338 e. The highest BCUT2D eigenvalue weighted by atomic mass is 35.5. The van der Waals surface area contributed by atoms with Crippen LogP contribution in [0.1, 0.15) is 82.5 Å². The van der Waals surface area contributed by atoms with Crippen molar-refractivity contribution >= 4 is 23.4 Å². The topological polar surface area (TPSA) is 43.4 Å². The zero-order valence-electron chi connectivity index (χ0n) is 19.5. The van der Waals surface area contributed by atoms with Gasteiger partial charge in [-0.2, -0.15) is 0 Å². The summed E-state index contributed by atoms with van der Waals surface area (Å²) in [4.78, 5) is 24.8. The molecule has 3 saturated carbocycles. The molecule has 32 heavy (non-hydrogen) atoms. The van der Waals surface area contributed by atoms with Crippen LogP contribution in [-0.4, -0.2) is 17.9 Å². The summed E-state index contributed by atoms with van der Waals surface area (Å²) in [7, 11) is 0. The van der Waals surface area contributed by atoms with Crippen LogP contribution in [0.3, 0.4) is 0 Å². The van der Waals surface area contributed by atoms with Crippen LogP contribution in [0.5, 0.6) is 0 Å². The van der Waals surface area contributed by atoms with E-state index >= 15 is 0 Å². The molecule has 0 heterocycles. The summed E-state index contributed by atoms with van der Waals surface area (Å²) < 4.78 is 6.00. The van der Waals surface area contributed by atoms with E-state index in [1.165, 1.54) is 31.3 Å². The fourth-order valence-electron chi connectivity index (χ4n) is 8.31. The molecule has 3 nitrogen and oxygen atoms in total. The maximum absolute atomic E-state index is 12.8. The third-order valence-corrected chi connectivity index (χ3v) is 10.2. The van der Waals surface area contributed by atoms with Crippen LogP contribution in [0, 0.1) is 34.5 Å². The molecule has 0 unspecified atom stereocenters. The van der Waals surface area contributed by atoms with Gasteiger partial charge in [0.25, 0.3) is 0 Å². The van der Waals surface area contributed by atoms with E-state index in [1.807, 2.05) is 6.08 Å². The van der Waals surface area contributed by atoms with Crippen molar-refractivity contribution in [3.63, 3.8) is 0 Å². The second-order valence-corrected chi connectivity index (χ2v) is 11.8. The normalized spacial score (nSPS) is 39.4. The smallest absolute Gasteiger partial charge is 0.338 e. The number of carbonyl (C=O) groups is 2. The Hall–Kier alpha value is -1.61. The van der Waals surface area contributed by atoms with Gasteiger partial charge in [0.2, 0.25) is 0 Å². The molecule has 5 rings (SSSR count). The Kier molecular flexibility index (Phi) is 5.55. The molecule has 0 radical (unpaired) electrons. The number of allylic oxidation sites excluding steroid dienone is 1. The Morgan fingerprint density at radius 1 is 1.09 bits per heavy atom. The summed E-state index contributed by atoms with van der Waals surface area (Å²) in [5, 5.41) is 0.557. The van der Waals surface area contributed by atoms with Gasteiger partial charge in [0.15, 0.2) is 5.78 Å². The van der Waals surface area contributed by atoms with E-state index in [9.17, 15) is 9.59 Å². The lowest BCUT2D eigenvalue weighted by Gasteiger charge is -2.58. The van der Waals surface area contributed by atoms with Crippen LogP contribution in [-0.2, 0) is 9.53 Å². The molecule has 0 bridgehead atoms. The summed E-state index contributed by atoms with van der Waals surface area (Å²) in [6, 6.07) is 7.02. The number of rotatable bonds is 3. The summed E-state index contributed by atoms with van der Waals surface area (Å²) in [6.45, 7) is 6.99. The molecule has 1 aromatic rings. The second kappa shape index (κ2) is 8.01. The first-order valence-corrected chi connectivity index (χ1v) is 12.8. The summed E-state index contributed by atoms with van der Waals surface area (Å²) in [5.41, 5.74) is 2.38. The summed E-state index contributed by atoms with van der Waals surface area (Å²) in [6.07, 6.45) is 10.7. The lowest BCUT2D eigenvalue weighted by atomic mass is 9.46. The van der Waals surface area contributed by atoms with Crippen LogP contribution in [0.2, 0.25) is 5.02 Å². The van der Waals surface area contributed by atoms with Crippen LogP contribution in [0.15, 0.2) is 35.9 Å². The lowest BCUT2D eigenvalue weighted by molar-refractivity contribution is -0.118. The van der Waals surface area contributed by atoms with Crippen LogP contribution in [0.25, 0.3) is 0 Å². The summed E-state index contributed by atoms with van der Waals surface area (Å²) in [5.74, 6) is 2.56. The molecule has 4 aliphatic carbocycles. The average Bonchev–Trinajstić information content (AvgIpc) is 3.11. The van der Waals surface area contributed by atoms with Crippen molar-refractivity contribution in [2.75, 3.05) is 0 Å². The molecular formula is C28H35ClO3. The molecular weight excluding hydrogens is 420 g/mol. The van der Waals surface area contributed by atoms with Crippen molar-refractivity contribution in [2.24, 2.45) is 34.5 Å². The fraction of sp³-hybridized carbons (Fsp3) is 0.643. The minimum atomic E-state index is -0.271. The van der Waals surface area contributed by atoms with Crippen molar-refractivity contribution in [1.29, 1.82) is 0 Å². The standard InChI is InChI=1S/C28H35ClO3/c1-17(32-26(31)18-5-4-6-20(29)15-18)23-9-10-24-22-8-7-19-16-21(30)11-13-27(19,2)25(22)12-14-28(23,24)3/h4-6,15-17,22-25H,7-14H2,1-3H3/t17-,22-,23+,24-,25-,27-,28+/m0/s1. The van der Waals surface area contributed by atoms with E-state index in [0.29, 0.717) is 40.5 Å². The molecule has 0 spiro atoms. The maximum atomic E-state index is 12.8. The van der Waals surface area contributed by atoms with E-state index in [0.717, 1.165) is 25.2 Å². The van der Waals surface area contributed by atoms with Gasteiger partial charge in [0, 0.05) is 17.4 Å². The number of hydrogen-bond donors (Lipinski definition) is 0. The number of hydrogen-bond acceptors (Lipinski definition) is 3. The van der Waals surface area contributed by atoms with Gasteiger partial charge in [0.05, 0.1) is 5.56 Å². The van der Waals surface area contributed by atoms with Crippen molar-refractivity contribution in [3.8, 4) is 0 Å². The Labute approximate surface area is 196 Å². The third kappa shape index (κ3) is 3.47. The Morgan fingerprint density at radius 3 is 2.69 bits per heavy atom. The number of esters is 1. The first-order valence-electron chi connectivity index (χ1n) is 12.4. The van der Waals surface area contributed by atoms with Gasteiger partial charge in [-0.15, -0.1) is 0 Å². The zero-order valence-corrected chi connectivity index (χ0v) is 20.3. The molecule has 4 heteroatoms. The molecule has 0 N–H and O–H groups in total. The molecule has 0 aromatic heterocycles. The largest absolute Gasteiger partial charge is 0.459 e. The van der Waals surface area contributed by atoms with Gasteiger partial charge in [-0.3, -0.25) is 4.79 Å². The third-order valence-electron chi connectivity index (χ3n) is 9.96. The molecule has 0 amide bonds. The van der Waals surface area contributed by atoms with Gasteiger partial charge < -0.3 is 4.74 Å². The lowest BCUT2D eigenvalue weighted by Crippen LogP contribution is -2.51. The SMILES string of the molecule is C[C@H](OC(=O)c1cccc(Cl)c1)[C@H]1CC[C@H]2[C@@H]3CCC4=CC(=O)CC[C@]4(C)[C@H]3CC[C@]12C. The first-order chi connectivity index (χ1) is 15.2. The number of ether oxygens (including phenoxy) is 1. The van der Waals surface area contributed by atoms with E-state index in [-0.39, 0.29) is 22.9 Å². The Morgan fingerprint density at radius 2 is 1.91 bits per heavy atom. The average molecular weight is 455 g/mol. The number of benzene rings is 1. The van der Waals surface area contributed by atoms with Crippen molar-refractivity contribution in [1.82, 2.24) is 0 Å². The minimum Gasteiger partial charge on any atom is -0.459 e. The highest BCUT2D eigenvalue weighted by molar-refractivity contribution is 6.30. The molecule has 1 aromatic carbocycles. The zero-order chi connectivity index (χ0) is 22.7. The molecule has 7 atom stereocenters. The van der Waals surface area contributed by atoms with Crippen LogP contribution >= 0.6 is 11.6 Å². The first kappa shape index (κ1) is 22.2. The molecule has 4 aliphatic rings. The Bertz CT molecular complexity index is 967. The predicted molar refractivity (Wildman–Crippen MR) is 127 cm³/mol. The van der Waals surface area contributed by atoms with Crippen LogP contribution < -0.4 is 0 Å². The predicted octanol–water partition coefficient (Wildman–Crippen LogP) is 7.03. The minimum absolute atomic E-state index is 0.102. The highest BCUT2D eigenvalue weighted by Gasteiger charge is 2.60. The van der Waals surface area contributed by atoms with Gasteiger partial charge in [-0.05, 0) is 105 Å². The number of ketones is 1. The van der Waals surface area contributed by atoms with E-state index in [1.54, 1.807) is 24.3 Å². The number of carbonyl (C=O) groups excluding carboxylic acids is 2. The van der Waals surface area contributed by atoms with Crippen molar-refractivity contribution in [2.45, 2.75) is 78.2 Å². The quantitative estimate of drug-likeness (QED) is 0.460. The van der Waals surface area contributed by atoms with Gasteiger partial charge in [0.1, 0.15) is 6.10 Å². The van der Waals surface area contributed by atoms with E-state index in [2.05, 4.69) is 20.8 Å². The molecule has 3 fully saturated rings. The fourth-order valence-corrected chi connectivity index (χ4v) is 8.50. The van der Waals surface area contributed by atoms with E-state index < -0.39 is 0 Å². The van der Waals surface area contributed by atoms with Crippen molar-refractivity contribution < 1.29 is 14.3 Å². The Balaban J connectivity index is 1.33.